The Bertz CT molecular complexity index is 244. The van der Waals surface area contributed by atoms with Crippen molar-refractivity contribution >= 4 is 0 Å². The van der Waals surface area contributed by atoms with Gasteiger partial charge in [-0.05, 0) is 5.92 Å². The largest absolute Gasteiger partial charge is 0.382 e. The lowest BCUT2D eigenvalue weighted by molar-refractivity contribution is -0.0884. The molecule has 1 rings (SSSR count). The summed E-state index contributed by atoms with van der Waals surface area (Å²) < 4.78 is 5.73. The van der Waals surface area contributed by atoms with Gasteiger partial charge in [0.2, 0.25) is 0 Å². The first-order valence-corrected chi connectivity index (χ1v) is 5.18. The minimum atomic E-state index is -1.01. The van der Waals surface area contributed by atoms with Gasteiger partial charge in [-0.25, -0.2) is 6.57 Å². The predicted octanol–water partition coefficient (Wildman–Crippen LogP) is 2.06. The van der Waals surface area contributed by atoms with Crippen molar-refractivity contribution in [3.8, 4) is 0 Å². The molecule has 0 bridgehead atoms. The molecule has 1 N–H and O–H groups in total. The Kier molecular flexibility index (Phi) is 3.18. The van der Waals surface area contributed by atoms with Gasteiger partial charge in [0.05, 0.1) is 12.0 Å². The van der Waals surface area contributed by atoms with E-state index in [2.05, 4.69) is 18.7 Å². The van der Waals surface area contributed by atoms with Crippen LogP contribution in [0.5, 0.6) is 0 Å². The standard InChI is InChI=1S/C11H19NO2/c1-7(2)9-6-10(13)11(12-5,14-9)8(3)4/h7-10,13H,6H2,1-4H3. The van der Waals surface area contributed by atoms with Gasteiger partial charge < -0.3 is 9.84 Å². The minimum Gasteiger partial charge on any atom is -0.382 e. The summed E-state index contributed by atoms with van der Waals surface area (Å²) in [5.74, 6) is 0.380. The molecule has 14 heavy (non-hydrogen) atoms. The maximum atomic E-state index is 9.89. The molecule has 3 unspecified atom stereocenters. The van der Waals surface area contributed by atoms with Crippen molar-refractivity contribution in [3.05, 3.63) is 11.4 Å². The Morgan fingerprint density at radius 1 is 1.43 bits per heavy atom. The third-order valence-corrected chi connectivity index (χ3v) is 3.02. The van der Waals surface area contributed by atoms with Crippen molar-refractivity contribution in [2.24, 2.45) is 11.8 Å². The van der Waals surface area contributed by atoms with E-state index in [-0.39, 0.29) is 12.0 Å². The molecular weight excluding hydrogens is 178 g/mol. The first kappa shape index (κ1) is 11.5. The summed E-state index contributed by atoms with van der Waals surface area (Å²) in [4.78, 5) is 3.51. The SMILES string of the molecule is [C-]#[N+]C1(C(C)C)OC(C(C)C)CC1O. The van der Waals surface area contributed by atoms with E-state index in [0.29, 0.717) is 12.3 Å². The number of aliphatic hydroxyl groups excluding tert-OH is 1. The highest BCUT2D eigenvalue weighted by Gasteiger charge is 2.57. The predicted molar refractivity (Wildman–Crippen MR) is 54.5 cm³/mol. The summed E-state index contributed by atoms with van der Waals surface area (Å²) in [5.41, 5.74) is -1.01. The number of aliphatic hydroxyl groups is 1. The molecular formula is C11H19NO2. The third kappa shape index (κ3) is 1.65. The van der Waals surface area contributed by atoms with Crippen LogP contribution in [0.3, 0.4) is 0 Å². The average molecular weight is 197 g/mol. The van der Waals surface area contributed by atoms with E-state index in [4.69, 9.17) is 11.3 Å². The van der Waals surface area contributed by atoms with Crippen LogP contribution in [0, 0.1) is 18.4 Å². The van der Waals surface area contributed by atoms with E-state index in [1.807, 2.05) is 13.8 Å². The van der Waals surface area contributed by atoms with E-state index in [9.17, 15) is 5.11 Å². The molecule has 1 heterocycles. The first-order chi connectivity index (χ1) is 6.44. The van der Waals surface area contributed by atoms with E-state index in [1.54, 1.807) is 0 Å². The first-order valence-electron chi connectivity index (χ1n) is 5.18. The molecule has 0 aromatic rings. The number of nitrogens with zero attached hydrogens (tertiary/aromatic N) is 1. The summed E-state index contributed by atoms with van der Waals surface area (Å²) in [6, 6.07) is 0. The monoisotopic (exact) mass is 197 g/mol. The van der Waals surface area contributed by atoms with Crippen LogP contribution in [-0.2, 0) is 4.74 Å². The smallest absolute Gasteiger partial charge is 0.365 e. The van der Waals surface area contributed by atoms with Crippen LogP contribution in [0.15, 0.2) is 0 Å². The molecule has 0 amide bonds. The van der Waals surface area contributed by atoms with Crippen molar-refractivity contribution in [2.75, 3.05) is 0 Å². The molecule has 3 atom stereocenters. The van der Waals surface area contributed by atoms with Gasteiger partial charge >= 0.3 is 5.72 Å². The molecule has 1 aliphatic rings. The molecule has 0 radical (unpaired) electrons. The normalized spacial score (nSPS) is 37.9. The highest BCUT2D eigenvalue weighted by Crippen LogP contribution is 2.40. The van der Waals surface area contributed by atoms with E-state index >= 15 is 0 Å². The third-order valence-electron chi connectivity index (χ3n) is 3.02. The molecule has 0 aromatic carbocycles. The Morgan fingerprint density at radius 3 is 2.21 bits per heavy atom. The number of ether oxygens (including phenoxy) is 1. The van der Waals surface area contributed by atoms with Gasteiger partial charge in [0, 0.05) is 6.42 Å². The topological polar surface area (TPSA) is 33.8 Å². The molecule has 1 aliphatic heterocycles. The molecule has 3 nitrogen and oxygen atoms in total. The van der Waals surface area contributed by atoms with E-state index in [0.717, 1.165) is 0 Å². The van der Waals surface area contributed by atoms with Crippen LogP contribution in [0.2, 0.25) is 0 Å². The Balaban J connectivity index is 2.87. The van der Waals surface area contributed by atoms with Crippen molar-refractivity contribution in [2.45, 2.75) is 52.0 Å². The number of hydrogen-bond acceptors (Lipinski definition) is 2. The second-order valence-corrected chi connectivity index (χ2v) is 4.67. The highest BCUT2D eigenvalue weighted by atomic mass is 16.5. The Morgan fingerprint density at radius 2 is 2.00 bits per heavy atom. The van der Waals surface area contributed by atoms with Crippen molar-refractivity contribution in [1.29, 1.82) is 0 Å². The van der Waals surface area contributed by atoms with Crippen LogP contribution in [0.1, 0.15) is 34.1 Å². The van der Waals surface area contributed by atoms with Gasteiger partial charge in [-0.15, -0.1) is 0 Å². The molecule has 0 saturated carbocycles. The second-order valence-electron chi connectivity index (χ2n) is 4.67. The molecule has 1 saturated heterocycles. The number of rotatable bonds is 2. The van der Waals surface area contributed by atoms with E-state index in [1.165, 1.54) is 0 Å². The fraction of sp³-hybridized carbons (Fsp3) is 0.909. The van der Waals surface area contributed by atoms with Gasteiger partial charge in [0.25, 0.3) is 0 Å². The van der Waals surface area contributed by atoms with E-state index < -0.39 is 11.8 Å². The van der Waals surface area contributed by atoms with Gasteiger partial charge in [0.15, 0.2) is 6.10 Å². The van der Waals surface area contributed by atoms with Gasteiger partial charge in [-0.2, -0.15) is 0 Å². The fourth-order valence-corrected chi connectivity index (χ4v) is 1.92. The van der Waals surface area contributed by atoms with Crippen molar-refractivity contribution < 1.29 is 9.84 Å². The lowest BCUT2D eigenvalue weighted by atomic mass is 9.93. The fourth-order valence-electron chi connectivity index (χ4n) is 1.92. The van der Waals surface area contributed by atoms with Crippen LogP contribution in [0.4, 0.5) is 0 Å². The maximum absolute atomic E-state index is 9.89. The summed E-state index contributed by atoms with van der Waals surface area (Å²) >= 11 is 0. The van der Waals surface area contributed by atoms with Crippen LogP contribution >= 0.6 is 0 Å². The van der Waals surface area contributed by atoms with Crippen LogP contribution in [0.25, 0.3) is 4.85 Å². The zero-order chi connectivity index (χ0) is 10.9. The summed E-state index contributed by atoms with van der Waals surface area (Å²) in [6.07, 6.45) is -0.0491. The van der Waals surface area contributed by atoms with Crippen LogP contribution in [-0.4, -0.2) is 23.0 Å². The average Bonchev–Trinajstić information content (AvgIpc) is 2.44. The molecule has 0 aromatic heterocycles. The lowest BCUT2D eigenvalue weighted by Gasteiger charge is -2.23. The Labute approximate surface area is 85.9 Å². The molecule has 0 spiro atoms. The van der Waals surface area contributed by atoms with Gasteiger partial charge in [-0.1, -0.05) is 27.7 Å². The molecule has 3 heteroatoms. The summed E-state index contributed by atoms with van der Waals surface area (Å²) in [5, 5.41) is 9.89. The maximum Gasteiger partial charge on any atom is 0.365 e. The lowest BCUT2D eigenvalue weighted by Crippen LogP contribution is -2.41. The highest BCUT2D eigenvalue weighted by molar-refractivity contribution is 5.04. The number of hydrogen-bond donors (Lipinski definition) is 1. The van der Waals surface area contributed by atoms with Crippen molar-refractivity contribution in [3.63, 3.8) is 0 Å². The summed E-state index contributed by atoms with van der Waals surface area (Å²) in [6.45, 7) is 15.1. The van der Waals surface area contributed by atoms with Crippen LogP contribution < -0.4 is 0 Å². The Hall–Kier alpha value is -0.590. The molecule has 1 fully saturated rings. The second kappa shape index (κ2) is 3.88. The van der Waals surface area contributed by atoms with Gasteiger partial charge in [-0.3, -0.25) is 4.85 Å². The quantitative estimate of drug-likeness (QED) is 0.687. The zero-order valence-corrected chi connectivity index (χ0v) is 9.32. The zero-order valence-electron chi connectivity index (χ0n) is 9.32. The van der Waals surface area contributed by atoms with Gasteiger partial charge in [0.1, 0.15) is 0 Å². The molecule has 80 valence electrons. The minimum absolute atomic E-state index is 0.0153. The van der Waals surface area contributed by atoms with Crippen molar-refractivity contribution in [1.82, 2.24) is 0 Å². The summed E-state index contributed by atoms with van der Waals surface area (Å²) in [7, 11) is 0. The molecule has 0 aliphatic carbocycles.